The number of fused-ring (bicyclic) bond motifs is 4. The zero-order valence-electron chi connectivity index (χ0n) is 19.6. The average molecular weight is 462 g/mol. The molecule has 36 heavy (non-hydrogen) atoms. The lowest BCUT2D eigenvalue weighted by atomic mass is 9.99. The Morgan fingerprint density at radius 3 is 2.11 bits per heavy atom. The molecule has 0 aliphatic heterocycles. The van der Waals surface area contributed by atoms with Crippen molar-refractivity contribution >= 4 is 44.1 Å². The van der Waals surface area contributed by atoms with Gasteiger partial charge in [0.25, 0.3) is 0 Å². The number of para-hydroxylation sites is 1. The van der Waals surface area contributed by atoms with Gasteiger partial charge in [-0.15, -0.1) is 0 Å². The average Bonchev–Trinajstić information content (AvgIpc) is 3.34. The fourth-order valence-corrected chi connectivity index (χ4v) is 5.07. The first-order valence-corrected chi connectivity index (χ1v) is 12.2. The van der Waals surface area contributed by atoms with E-state index in [2.05, 4.69) is 127 Å². The fourth-order valence-electron chi connectivity index (χ4n) is 5.07. The summed E-state index contributed by atoms with van der Waals surface area (Å²) >= 11 is 0. The molecule has 0 spiro atoms. The Hall–Kier alpha value is -4.82. The summed E-state index contributed by atoms with van der Waals surface area (Å²) in [6.45, 7) is 0. The predicted octanol–water partition coefficient (Wildman–Crippen LogP) is 9.82. The summed E-state index contributed by atoms with van der Waals surface area (Å²) in [4.78, 5) is 0. The van der Waals surface area contributed by atoms with Gasteiger partial charge in [-0.2, -0.15) is 0 Å². The molecule has 170 valence electrons. The van der Waals surface area contributed by atoms with Gasteiger partial charge in [0.15, 0.2) is 5.58 Å². The fraction of sp³-hybridized carbons (Fsp3) is 0. The Morgan fingerprint density at radius 2 is 1.25 bits per heavy atom. The Kier molecular flexibility index (Phi) is 4.82. The van der Waals surface area contributed by atoms with Crippen LogP contribution >= 0.6 is 0 Å². The zero-order valence-corrected chi connectivity index (χ0v) is 19.6. The van der Waals surface area contributed by atoms with Crippen molar-refractivity contribution in [2.24, 2.45) is 0 Å². The SMILES string of the molecule is c1ccc(-c2cccc3oc4c(Nc5ccc(-c6ccc7ccccc7c6)cc5)cccc4c23)cc1. The molecule has 0 amide bonds. The van der Waals surface area contributed by atoms with Gasteiger partial charge >= 0.3 is 0 Å². The van der Waals surface area contributed by atoms with E-state index in [1.807, 2.05) is 12.1 Å². The summed E-state index contributed by atoms with van der Waals surface area (Å²) in [6, 6.07) is 46.7. The number of rotatable bonds is 4. The predicted molar refractivity (Wildman–Crippen MR) is 152 cm³/mol. The maximum atomic E-state index is 6.39. The first-order chi connectivity index (χ1) is 17.8. The maximum absolute atomic E-state index is 6.39. The van der Waals surface area contributed by atoms with Gasteiger partial charge in [0.05, 0.1) is 5.69 Å². The van der Waals surface area contributed by atoms with Crippen LogP contribution in [0.5, 0.6) is 0 Å². The van der Waals surface area contributed by atoms with Gasteiger partial charge in [0.2, 0.25) is 0 Å². The van der Waals surface area contributed by atoms with Gasteiger partial charge in [-0.25, -0.2) is 0 Å². The highest BCUT2D eigenvalue weighted by Crippen LogP contribution is 2.40. The van der Waals surface area contributed by atoms with Gasteiger partial charge in [-0.1, -0.05) is 103 Å². The third kappa shape index (κ3) is 3.52. The molecule has 0 unspecified atom stereocenters. The molecule has 0 fully saturated rings. The second kappa shape index (κ2) is 8.44. The first-order valence-electron chi connectivity index (χ1n) is 12.2. The van der Waals surface area contributed by atoms with Gasteiger partial charge in [0.1, 0.15) is 5.58 Å². The van der Waals surface area contributed by atoms with E-state index in [1.54, 1.807) is 0 Å². The van der Waals surface area contributed by atoms with E-state index in [0.29, 0.717) is 0 Å². The van der Waals surface area contributed by atoms with Crippen LogP contribution in [-0.4, -0.2) is 0 Å². The Balaban J connectivity index is 1.25. The zero-order chi connectivity index (χ0) is 23.9. The maximum Gasteiger partial charge on any atom is 0.158 e. The topological polar surface area (TPSA) is 25.2 Å². The lowest BCUT2D eigenvalue weighted by molar-refractivity contribution is 0.670. The molecule has 2 heteroatoms. The molecular formula is C34H23NO. The van der Waals surface area contributed by atoms with Crippen molar-refractivity contribution in [3.63, 3.8) is 0 Å². The van der Waals surface area contributed by atoms with Crippen molar-refractivity contribution in [3.8, 4) is 22.3 Å². The molecule has 0 aliphatic carbocycles. The summed E-state index contributed by atoms with van der Waals surface area (Å²) < 4.78 is 6.39. The summed E-state index contributed by atoms with van der Waals surface area (Å²) in [7, 11) is 0. The molecule has 7 rings (SSSR count). The van der Waals surface area contributed by atoms with Crippen LogP contribution in [0.1, 0.15) is 0 Å². The molecule has 7 aromatic rings. The van der Waals surface area contributed by atoms with E-state index in [4.69, 9.17) is 4.42 Å². The quantitative estimate of drug-likeness (QED) is 0.282. The Labute approximate surface area is 209 Å². The Bertz CT molecular complexity index is 1850. The van der Waals surface area contributed by atoms with E-state index in [1.165, 1.54) is 33.0 Å². The summed E-state index contributed by atoms with van der Waals surface area (Å²) in [5.41, 5.74) is 8.53. The molecule has 6 aromatic carbocycles. The molecule has 0 aliphatic rings. The van der Waals surface area contributed by atoms with Crippen molar-refractivity contribution in [1.82, 2.24) is 0 Å². The molecule has 1 N–H and O–H groups in total. The van der Waals surface area contributed by atoms with Crippen molar-refractivity contribution < 1.29 is 4.42 Å². The number of hydrogen-bond donors (Lipinski definition) is 1. The largest absolute Gasteiger partial charge is 0.454 e. The monoisotopic (exact) mass is 461 g/mol. The Morgan fingerprint density at radius 1 is 0.500 bits per heavy atom. The summed E-state index contributed by atoms with van der Waals surface area (Å²) in [6.07, 6.45) is 0. The van der Waals surface area contributed by atoms with Crippen molar-refractivity contribution in [2.75, 3.05) is 5.32 Å². The highest BCUT2D eigenvalue weighted by atomic mass is 16.3. The lowest BCUT2D eigenvalue weighted by Crippen LogP contribution is -1.90. The van der Waals surface area contributed by atoms with Crippen molar-refractivity contribution in [3.05, 3.63) is 133 Å². The van der Waals surface area contributed by atoms with Crippen molar-refractivity contribution in [2.45, 2.75) is 0 Å². The van der Waals surface area contributed by atoms with E-state index in [9.17, 15) is 0 Å². The van der Waals surface area contributed by atoms with Crippen LogP contribution in [0.15, 0.2) is 138 Å². The smallest absolute Gasteiger partial charge is 0.158 e. The molecule has 2 nitrogen and oxygen atoms in total. The van der Waals surface area contributed by atoms with Crippen molar-refractivity contribution in [1.29, 1.82) is 0 Å². The molecular weight excluding hydrogens is 438 g/mol. The molecule has 0 saturated carbocycles. The molecule has 1 aromatic heterocycles. The number of anilines is 2. The van der Waals surface area contributed by atoms with Crippen LogP contribution < -0.4 is 5.32 Å². The summed E-state index contributed by atoms with van der Waals surface area (Å²) in [5.74, 6) is 0. The lowest BCUT2D eigenvalue weighted by Gasteiger charge is -2.09. The van der Waals surface area contributed by atoms with E-state index in [0.717, 1.165) is 33.3 Å². The van der Waals surface area contributed by atoms with Crippen LogP contribution in [-0.2, 0) is 0 Å². The van der Waals surface area contributed by atoms with Gasteiger partial charge < -0.3 is 9.73 Å². The highest BCUT2D eigenvalue weighted by molar-refractivity contribution is 6.15. The van der Waals surface area contributed by atoms with E-state index in [-0.39, 0.29) is 0 Å². The summed E-state index contributed by atoms with van der Waals surface area (Å²) in [5, 5.41) is 8.35. The second-order valence-corrected chi connectivity index (χ2v) is 9.09. The molecule has 0 atom stereocenters. The highest BCUT2D eigenvalue weighted by Gasteiger charge is 2.15. The molecule has 0 bridgehead atoms. The number of nitrogens with one attached hydrogen (secondary N) is 1. The molecule has 1 heterocycles. The van der Waals surface area contributed by atoms with Crippen LogP contribution in [0.25, 0.3) is 55.0 Å². The van der Waals surface area contributed by atoms with E-state index >= 15 is 0 Å². The van der Waals surface area contributed by atoms with E-state index < -0.39 is 0 Å². The van der Waals surface area contributed by atoms with Crippen LogP contribution in [0.2, 0.25) is 0 Å². The van der Waals surface area contributed by atoms with Crippen LogP contribution in [0, 0.1) is 0 Å². The standard InChI is InChI=1S/C34H23NO/c1-2-9-25(10-3-1)29-12-7-15-32-33(29)30-13-6-14-31(34(30)36-32)35-28-20-18-24(19-21-28)27-17-16-23-8-4-5-11-26(23)22-27/h1-22,35H. The number of furan rings is 1. The van der Waals surface area contributed by atoms with Gasteiger partial charge in [0, 0.05) is 16.5 Å². The third-order valence-corrected chi connectivity index (χ3v) is 6.85. The molecule has 0 radical (unpaired) electrons. The minimum Gasteiger partial charge on any atom is -0.454 e. The normalized spacial score (nSPS) is 11.3. The van der Waals surface area contributed by atoms with Gasteiger partial charge in [-0.05, 0) is 63.4 Å². The molecule has 0 saturated heterocycles. The number of hydrogen-bond acceptors (Lipinski definition) is 2. The number of benzene rings is 6. The minimum atomic E-state index is 0.870. The third-order valence-electron chi connectivity index (χ3n) is 6.85. The first kappa shape index (κ1) is 20.5. The van der Waals surface area contributed by atoms with Crippen LogP contribution in [0.3, 0.4) is 0 Å². The van der Waals surface area contributed by atoms with Crippen LogP contribution in [0.4, 0.5) is 11.4 Å². The van der Waals surface area contributed by atoms with Gasteiger partial charge in [-0.3, -0.25) is 0 Å². The second-order valence-electron chi connectivity index (χ2n) is 9.09. The minimum absolute atomic E-state index is 0.870.